The second-order valence-electron chi connectivity index (χ2n) is 9.43. The third-order valence-corrected chi connectivity index (χ3v) is 6.70. The Kier molecular flexibility index (Phi) is 4.42. The summed E-state index contributed by atoms with van der Waals surface area (Å²) in [6.45, 7) is 3.89. The van der Waals surface area contributed by atoms with E-state index < -0.39 is 0 Å². The number of aryl methyl sites for hydroxylation is 2. The molecule has 3 aliphatic carbocycles. The third kappa shape index (κ3) is 3.39. The van der Waals surface area contributed by atoms with Gasteiger partial charge in [0, 0.05) is 11.6 Å². The van der Waals surface area contributed by atoms with E-state index in [1.165, 1.54) is 12.3 Å². The molecule has 7 rings (SSSR count). The van der Waals surface area contributed by atoms with Crippen molar-refractivity contribution in [3.05, 3.63) is 47.4 Å². The first kappa shape index (κ1) is 20.9. The minimum absolute atomic E-state index is 0.144. The van der Waals surface area contributed by atoms with Gasteiger partial charge < -0.3 is 19.6 Å². The number of allylic oxidation sites excluding steroid dienone is 1. The molecule has 3 heterocycles. The van der Waals surface area contributed by atoms with Crippen LogP contribution in [-0.2, 0) is 0 Å². The van der Waals surface area contributed by atoms with Crippen molar-refractivity contribution in [2.75, 3.05) is 5.32 Å². The highest BCUT2D eigenvalue weighted by molar-refractivity contribution is 5.81. The fraction of sp³-hybridized carbons (Fsp3) is 0.280. The molecule has 0 unspecified atom stereocenters. The number of aromatic nitrogens is 5. The van der Waals surface area contributed by atoms with E-state index in [9.17, 15) is 5.26 Å². The van der Waals surface area contributed by atoms with Gasteiger partial charge in [-0.05, 0) is 68.0 Å². The lowest BCUT2D eigenvalue weighted by Gasteiger charge is -2.66. The predicted octanol–water partition coefficient (Wildman–Crippen LogP) is 4.81. The zero-order valence-electron chi connectivity index (χ0n) is 19.1. The molecule has 0 amide bonds. The normalized spacial score (nSPS) is 22.3. The number of benzene rings is 1. The number of hydrogen-bond donors (Lipinski definition) is 2. The van der Waals surface area contributed by atoms with Crippen LogP contribution in [0.3, 0.4) is 0 Å². The van der Waals surface area contributed by atoms with Crippen LogP contribution < -0.4 is 10.1 Å². The van der Waals surface area contributed by atoms with Crippen LogP contribution in [0.25, 0.3) is 28.6 Å². The molecule has 35 heavy (non-hydrogen) atoms. The van der Waals surface area contributed by atoms with Gasteiger partial charge in [0.25, 0.3) is 5.88 Å². The quantitative estimate of drug-likeness (QED) is 0.383. The predicted molar refractivity (Wildman–Crippen MR) is 126 cm³/mol. The van der Waals surface area contributed by atoms with Crippen molar-refractivity contribution in [2.24, 2.45) is 5.41 Å². The van der Waals surface area contributed by atoms with Gasteiger partial charge in [-0.3, -0.25) is 0 Å². The van der Waals surface area contributed by atoms with Crippen molar-refractivity contribution in [2.45, 2.75) is 38.6 Å². The number of nitriles is 2. The van der Waals surface area contributed by atoms with Gasteiger partial charge in [-0.2, -0.15) is 20.5 Å². The topological polar surface area (TPSA) is 149 Å². The summed E-state index contributed by atoms with van der Waals surface area (Å²) < 4.78 is 11.3. The smallest absolute Gasteiger partial charge is 0.250 e. The Bertz CT molecular complexity index is 1540. The first-order valence-corrected chi connectivity index (χ1v) is 11.1. The fourth-order valence-electron chi connectivity index (χ4n) is 5.21. The summed E-state index contributed by atoms with van der Waals surface area (Å²) in [5, 5.41) is 25.4. The van der Waals surface area contributed by atoms with Crippen LogP contribution in [-0.4, -0.2) is 30.6 Å². The molecule has 2 N–H and O–H groups in total. The van der Waals surface area contributed by atoms with Crippen LogP contribution in [0.1, 0.15) is 36.0 Å². The Labute approximate surface area is 200 Å². The Hall–Kier alpha value is -4.70. The monoisotopic (exact) mass is 464 g/mol. The van der Waals surface area contributed by atoms with Crippen LogP contribution >= 0.6 is 0 Å². The standard InChI is InChI=1S/C25H20N8O2/c1-14-6-16(4-3-5-26)7-15(2)19(14)35-22-18-21(30-20(29-18)17-8-28-34-9-17)31-23(32-22)33-25-10-24(11-25,12-25)13-27/h3-4,6-9H,10-12H2,1-2H3,(H2,29,30,31,32,33)/b4-3+. The van der Waals surface area contributed by atoms with E-state index in [1.807, 2.05) is 32.0 Å². The van der Waals surface area contributed by atoms with E-state index in [-0.39, 0.29) is 11.0 Å². The second kappa shape index (κ2) is 7.40. The van der Waals surface area contributed by atoms with Crippen molar-refractivity contribution < 1.29 is 9.26 Å². The van der Waals surface area contributed by atoms with Crippen molar-refractivity contribution in [1.82, 2.24) is 25.1 Å². The van der Waals surface area contributed by atoms with E-state index in [1.54, 1.807) is 12.3 Å². The summed E-state index contributed by atoms with van der Waals surface area (Å²) >= 11 is 0. The molecule has 0 spiro atoms. The van der Waals surface area contributed by atoms with Crippen LogP contribution in [0.5, 0.6) is 11.6 Å². The summed E-state index contributed by atoms with van der Waals surface area (Å²) in [5.74, 6) is 1.95. The molecule has 172 valence electrons. The molecule has 4 aromatic rings. The summed E-state index contributed by atoms with van der Waals surface area (Å²) in [5.41, 5.74) is 4.05. The maximum absolute atomic E-state index is 9.35. The average Bonchev–Trinajstić information content (AvgIpc) is 3.46. The number of ether oxygens (including phenoxy) is 1. The van der Waals surface area contributed by atoms with Gasteiger partial charge in [0.15, 0.2) is 5.65 Å². The molecular formula is C25H20N8O2. The molecular weight excluding hydrogens is 444 g/mol. The Morgan fingerprint density at radius 3 is 2.57 bits per heavy atom. The SMILES string of the molecule is Cc1cc(/C=C/C#N)cc(C)c1Oc1nc(NC23CC(C#N)(C2)C3)nc2nc(-c3cnoc3)[nH]c12. The molecule has 0 radical (unpaired) electrons. The van der Waals surface area contributed by atoms with Gasteiger partial charge in [0.05, 0.1) is 29.3 Å². The van der Waals surface area contributed by atoms with Crippen molar-refractivity contribution in [3.8, 4) is 35.2 Å². The molecule has 3 aliphatic rings. The molecule has 3 aromatic heterocycles. The lowest BCUT2D eigenvalue weighted by atomic mass is 9.40. The Morgan fingerprint density at radius 2 is 1.91 bits per heavy atom. The number of imidazole rings is 1. The fourth-order valence-corrected chi connectivity index (χ4v) is 5.21. The van der Waals surface area contributed by atoms with E-state index in [0.717, 1.165) is 36.0 Å². The zero-order valence-corrected chi connectivity index (χ0v) is 19.1. The molecule has 3 saturated carbocycles. The van der Waals surface area contributed by atoms with Gasteiger partial charge in [0.1, 0.15) is 23.4 Å². The lowest BCUT2D eigenvalue weighted by Crippen LogP contribution is -2.70. The van der Waals surface area contributed by atoms with Crippen LogP contribution in [0, 0.1) is 41.9 Å². The highest BCUT2D eigenvalue weighted by Crippen LogP contribution is 2.67. The molecule has 0 saturated heterocycles. The Balaban J connectivity index is 1.40. The molecule has 10 heteroatoms. The first-order valence-electron chi connectivity index (χ1n) is 11.1. The number of aromatic amines is 1. The molecule has 2 bridgehead atoms. The molecule has 0 aliphatic heterocycles. The largest absolute Gasteiger partial charge is 0.436 e. The highest BCUT2D eigenvalue weighted by Gasteiger charge is 2.69. The molecule has 3 fully saturated rings. The van der Waals surface area contributed by atoms with Crippen molar-refractivity contribution in [3.63, 3.8) is 0 Å². The van der Waals surface area contributed by atoms with Crippen LogP contribution in [0.4, 0.5) is 5.95 Å². The summed E-state index contributed by atoms with van der Waals surface area (Å²) in [6.07, 6.45) is 8.63. The van der Waals surface area contributed by atoms with Gasteiger partial charge in [0.2, 0.25) is 5.95 Å². The molecule has 0 atom stereocenters. The average molecular weight is 464 g/mol. The van der Waals surface area contributed by atoms with E-state index >= 15 is 0 Å². The van der Waals surface area contributed by atoms with Gasteiger partial charge in [-0.15, -0.1) is 0 Å². The Morgan fingerprint density at radius 1 is 1.14 bits per heavy atom. The summed E-state index contributed by atoms with van der Waals surface area (Å²) in [4.78, 5) is 17.2. The van der Waals surface area contributed by atoms with Crippen molar-refractivity contribution >= 4 is 23.2 Å². The summed E-state index contributed by atoms with van der Waals surface area (Å²) in [7, 11) is 0. The van der Waals surface area contributed by atoms with Crippen LogP contribution in [0.2, 0.25) is 0 Å². The second-order valence-corrected chi connectivity index (χ2v) is 9.43. The number of fused-ring (bicyclic) bond motifs is 1. The van der Waals surface area contributed by atoms with Gasteiger partial charge in [-0.1, -0.05) is 5.16 Å². The lowest BCUT2D eigenvalue weighted by molar-refractivity contribution is -0.0665. The zero-order chi connectivity index (χ0) is 24.2. The first-order chi connectivity index (χ1) is 16.9. The minimum atomic E-state index is -0.194. The van der Waals surface area contributed by atoms with E-state index in [2.05, 4.69) is 31.5 Å². The number of anilines is 1. The number of H-pyrrole nitrogens is 1. The minimum Gasteiger partial charge on any atom is -0.436 e. The van der Waals surface area contributed by atoms with Gasteiger partial charge in [-0.25, -0.2) is 4.98 Å². The number of rotatable bonds is 6. The maximum atomic E-state index is 9.35. The third-order valence-electron chi connectivity index (χ3n) is 6.70. The molecule has 10 nitrogen and oxygen atoms in total. The van der Waals surface area contributed by atoms with E-state index in [4.69, 9.17) is 19.5 Å². The maximum Gasteiger partial charge on any atom is 0.250 e. The van der Waals surface area contributed by atoms with Crippen LogP contribution in [0.15, 0.2) is 35.2 Å². The van der Waals surface area contributed by atoms with Gasteiger partial charge >= 0.3 is 0 Å². The molecule has 1 aromatic carbocycles. The highest BCUT2D eigenvalue weighted by atomic mass is 16.5. The number of nitrogens with zero attached hydrogens (tertiary/aromatic N) is 6. The summed E-state index contributed by atoms with van der Waals surface area (Å²) in [6, 6.07) is 8.33. The number of hydrogen-bond acceptors (Lipinski definition) is 9. The van der Waals surface area contributed by atoms with Crippen molar-refractivity contribution in [1.29, 1.82) is 10.5 Å². The number of nitrogens with one attached hydrogen (secondary N) is 2. The van der Waals surface area contributed by atoms with E-state index in [0.29, 0.717) is 40.1 Å².